The summed E-state index contributed by atoms with van der Waals surface area (Å²) in [6.45, 7) is 5.03. The minimum Gasteiger partial charge on any atom is -0.393 e. The standard InChI is InChI=1S/C14H23N3O3/c1-11-12(2)17(10-15-11)8-13(19)16-6-3-4-14(20,9-18)5-7-16/h10,18,20H,3-9H2,1-2H3/t14-/m1/s1. The monoisotopic (exact) mass is 281 g/mol. The van der Waals surface area contributed by atoms with Crippen molar-refractivity contribution in [2.24, 2.45) is 0 Å². The van der Waals surface area contributed by atoms with Gasteiger partial charge in [0, 0.05) is 18.8 Å². The number of rotatable bonds is 3. The van der Waals surface area contributed by atoms with Crippen molar-refractivity contribution in [2.75, 3.05) is 19.7 Å². The third kappa shape index (κ3) is 3.19. The molecule has 0 spiro atoms. The van der Waals surface area contributed by atoms with Gasteiger partial charge in [0.15, 0.2) is 0 Å². The van der Waals surface area contributed by atoms with Gasteiger partial charge in [-0.25, -0.2) is 4.98 Å². The average Bonchev–Trinajstić information content (AvgIpc) is 2.66. The predicted molar refractivity (Wildman–Crippen MR) is 74.2 cm³/mol. The number of imidazole rings is 1. The maximum Gasteiger partial charge on any atom is 0.242 e. The molecule has 0 unspecified atom stereocenters. The van der Waals surface area contributed by atoms with E-state index in [1.54, 1.807) is 11.2 Å². The fourth-order valence-electron chi connectivity index (χ4n) is 2.54. The zero-order chi connectivity index (χ0) is 14.8. The third-order valence-corrected chi connectivity index (χ3v) is 4.22. The van der Waals surface area contributed by atoms with Crippen LogP contribution in [-0.2, 0) is 11.3 Å². The number of hydrogen-bond acceptors (Lipinski definition) is 4. The molecule has 1 aromatic rings. The average molecular weight is 281 g/mol. The number of nitrogens with zero attached hydrogens (tertiary/aromatic N) is 3. The van der Waals surface area contributed by atoms with Gasteiger partial charge in [0.2, 0.25) is 5.91 Å². The van der Waals surface area contributed by atoms with Crippen molar-refractivity contribution >= 4 is 5.91 Å². The predicted octanol–water partition coefficient (Wildman–Crippen LogP) is 0.236. The summed E-state index contributed by atoms with van der Waals surface area (Å²) in [4.78, 5) is 18.3. The van der Waals surface area contributed by atoms with Crippen LogP contribution >= 0.6 is 0 Å². The van der Waals surface area contributed by atoms with Gasteiger partial charge in [-0.1, -0.05) is 0 Å². The molecular formula is C14H23N3O3. The van der Waals surface area contributed by atoms with Crippen molar-refractivity contribution in [3.05, 3.63) is 17.7 Å². The van der Waals surface area contributed by atoms with E-state index in [1.165, 1.54) is 0 Å². The van der Waals surface area contributed by atoms with Crippen molar-refractivity contribution < 1.29 is 15.0 Å². The first kappa shape index (κ1) is 15.0. The fraction of sp³-hybridized carbons (Fsp3) is 0.714. The molecule has 1 aliphatic rings. The van der Waals surface area contributed by atoms with E-state index in [2.05, 4.69) is 4.98 Å². The minimum atomic E-state index is -1.03. The van der Waals surface area contributed by atoms with Crippen LogP contribution in [0.2, 0.25) is 0 Å². The van der Waals surface area contributed by atoms with Crippen molar-refractivity contribution in [3.63, 3.8) is 0 Å². The van der Waals surface area contributed by atoms with Crippen LogP contribution < -0.4 is 0 Å². The Kier molecular flexibility index (Phi) is 4.45. The molecule has 1 saturated heterocycles. The number of hydrogen-bond donors (Lipinski definition) is 2. The SMILES string of the molecule is Cc1ncn(CC(=O)N2CCC[C@](O)(CO)CC2)c1C. The number of carbonyl (C=O) groups excluding carboxylic acids is 1. The second-order valence-corrected chi connectivity index (χ2v) is 5.66. The highest BCUT2D eigenvalue weighted by Crippen LogP contribution is 2.22. The highest BCUT2D eigenvalue weighted by atomic mass is 16.3. The lowest BCUT2D eigenvalue weighted by atomic mass is 9.96. The number of aromatic nitrogens is 2. The minimum absolute atomic E-state index is 0.0349. The van der Waals surface area contributed by atoms with Crippen LogP contribution in [0.15, 0.2) is 6.33 Å². The first-order valence-electron chi connectivity index (χ1n) is 7.04. The molecule has 6 nitrogen and oxygen atoms in total. The normalized spacial score (nSPS) is 23.7. The van der Waals surface area contributed by atoms with Gasteiger partial charge >= 0.3 is 0 Å². The molecular weight excluding hydrogens is 258 g/mol. The maximum atomic E-state index is 12.3. The molecule has 2 heterocycles. The van der Waals surface area contributed by atoms with E-state index >= 15 is 0 Å². The van der Waals surface area contributed by atoms with E-state index in [9.17, 15) is 15.0 Å². The van der Waals surface area contributed by atoms with E-state index in [0.29, 0.717) is 32.4 Å². The van der Waals surface area contributed by atoms with E-state index in [1.807, 2.05) is 18.4 Å². The first-order valence-corrected chi connectivity index (χ1v) is 7.04. The van der Waals surface area contributed by atoms with E-state index in [-0.39, 0.29) is 19.1 Å². The summed E-state index contributed by atoms with van der Waals surface area (Å²) >= 11 is 0. The summed E-state index contributed by atoms with van der Waals surface area (Å²) in [5.41, 5.74) is 0.902. The lowest BCUT2D eigenvalue weighted by Crippen LogP contribution is -2.37. The van der Waals surface area contributed by atoms with E-state index < -0.39 is 5.60 Å². The smallest absolute Gasteiger partial charge is 0.242 e. The number of amides is 1. The zero-order valence-corrected chi connectivity index (χ0v) is 12.2. The first-order chi connectivity index (χ1) is 9.45. The molecule has 0 radical (unpaired) electrons. The van der Waals surface area contributed by atoms with Gasteiger partial charge in [0.25, 0.3) is 0 Å². The molecule has 2 N–H and O–H groups in total. The lowest BCUT2D eigenvalue weighted by molar-refractivity contribution is -0.132. The Labute approximate surface area is 119 Å². The highest BCUT2D eigenvalue weighted by Gasteiger charge is 2.30. The zero-order valence-electron chi connectivity index (χ0n) is 12.2. The Hall–Kier alpha value is -1.40. The molecule has 1 aromatic heterocycles. The summed E-state index contributed by atoms with van der Waals surface area (Å²) in [5.74, 6) is 0.0349. The quantitative estimate of drug-likeness (QED) is 0.831. The molecule has 112 valence electrons. The number of likely N-dealkylation sites (tertiary alicyclic amines) is 1. The molecule has 1 fully saturated rings. The topological polar surface area (TPSA) is 78.6 Å². The number of carbonyl (C=O) groups is 1. The molecule has 2 rings (SSSR count). The summed E-state index contributed by atoms with van der Waals surface area (Å²) < 4.78 is 1.85. The maximum absolute atomic E-state index is 12.3. The van der Waals surface area contributed by atoms with Gasteiger partial charge in [-0.2, -0.15) is 0 Å². The Morgan fingerprint density at radius 2 is 2.15 bits per heavy atom. The van der Waals surface area contributed by atoms with Gasteiger partial charge in [-0.05, 0) is 33.1 Å². The van der Waals surface area contributed by atoms with E-state index in [0.717, 1.165) is 11.4 Å². The van der Waals surface area contributed by atoms with Crippen LogP contribution in [0.4, 0.5) is 0 Å². The van der Waals surface area contributed by atoms with Crippen molar-refractivity contribution in [1.29, 1.82) is 0 Å². The van der Waals surface area contributed by atoms with Crippen LogP contribution in [0.1, 0.15) is 30.7 Å². The molecule has 1 atom stereocenters. The molecule has 0 aliphatic carbocycles. The van der Waals surface area contributed by atoms with Crippen molar-refractivity contribution in [2.45, 2.75) is 45.3 Å². The van der Waals surface area contributed by atoms with Crippen molar-refractivity contribution in [3.8, 4) is 0 Å². The largest absolute Gasteiger partial charge is 0.393 e. The molecule has 0 bridgehead atoms. The molecule has 6 heteroatoms. The Balaban J connectivity index is 1.98. The Morgan fingerprint density at radius 3 is 2.75 bits per heavy atom. The summed E-state index contributed by atoms with van der Waals surface area (Å²) in [6.07, 6.45) is 3.36. The van der Waals surface area contributed by atoms with Crippen LogP contribution in [0.5, 0.6) is 0 Å². The Morgan fingerprint density at radius 1 is 1.40 bits per heavy atom. The fourth-order valence-corrected chi connectivity index (χ4v) is 2.54. The highest BCUT2D eigenvalue weighted by molar-refractivity contribution is 5.76. The molecule has 0 aromatic carbocycles. The molecule has 0 saturated carbocycles. The second-order valence-electron chi connectivity index (χ2n) is 5.66. The summed E-state index contributed by atoms with van der Waals surface area (Å²) in [6, 6.07) is 0. The molecule has 20 heavy (non-hydrogen) atoms. The third-order valence-electron chi connectivity index (χ3n) is 4.22. The number of aliphatic hydroxyl groups is 2. The molecule has 1 amide bonds. The van der Waals surface area contributed by atoms with Crippen LogP contribution in [0.3, 0.4) is 0 Å². The van der Waals surface area contributed by atoms with Crippen LogP contribution in [0.25, 0.3) is 0 Å². The number of aryl methyl sites for hydroxylation is 1. The van der Waals surface area contributed by atoms with E-state index in [4.69, 9.17) is 0 Å². The van der Waals surface area contributed by atoms with Gasteiger partial charge < -0.3 is 19.7 Å². The summed E-state index contributed by atoms with van der Waals surface area (Å²) in [7, 11) is 0. The van der Waals surface area contributed by atoms with Gasteiger partial charge in [-0.15, -0.1) is 0 Å². The Bertz CT molecular complexity index is 486. The molecule has 1 aliphatic heterocycles. The van der Waals surface area contributed by atoms with Gasteiger partial charge in [-0.3, -0.25) is 4.79 Å². The van der Waals surface area contributed by atoms with Gasteiger partial charge in [0.05, 0.1) is 24.2 Å². The van der Waals surface area contributed by atoms with Crippen molar-refractivity contribution in [1.82, 2.24) is 14.5 Å². The summed E-state index contributed by atoms with van der Waals surface area (Å²) in [5, 5.41) is 19.3. The van der Waals surface area contributed by atoms with Crippen LogP contribution in [-0.4, -0.2) is 55.9 Å². The number of aliphatic hydroxyl groups excluding tert-OH is 1. The lowest BCUT2D eigenvalue weighted by Gasteiger charge is -2.24. The van der Waals surface area contributed by atoms with Gasteiger partial charge in [0.1, 0.15) is 6.54 Å². The second kappa shape index (κ2) is 5.93. The van der Waals surface area contributed by atoms with Crippen LogP contribution in [0, 0.1) is 13.8 Å².